The van der Waals surface area contributed by atoms with Crippen LogP contribution in [0.15, 0.2) is 89.0 Å². The van der Waals surface area contributed by atoms with Crippen molar-refractivity contribution in [2.45, 2.75) is 20.3 Å². The summed E-state index contributed by atoms with van der Waals surface area (Å²) in [6.07, 6.45) is 11.2. The summed E-state index contributed by atoms with van der Waals surface area (Å²) in [5, 5.41) is 0. The molecule has 0 fully saturated rings. The Kier molecular flexibility index (Phi) is 5.57. The summed E-state index contributed by atoms with van der Waals surface area (Å²) in [7, 11) is 0. The highest BCUT2D eigenvalue weighted by atomic mass is 79.9. The van der Waals surface area contributed by atoms with E-state index in [1.165, 1.54) is 27.8 Å². The zero-order chi connectivity index (χ0) is 16.1. The van der Waals surface area contributed by atoms with Crippen molar-refractivity contribution in [3.8, 4) is 0 Å². The average Bonchev–Trinajstić information content (AvgIpc) is 2.85. The van der Waals surface area contributed by atoms with Gasteiger partial charge < -0.3 is 0 Å². The fraction of sp³-hybridized carbons (Fsp3) is 0.143. The minimum atomic E-state index is 0.888. The fourth-order valence-corrected chi connectivity index (χ4v) is 2.87. The lowest BCUT2D eigenvalue weighted by Crippen LogP contribution is -1.90. The Morgan fingerprint density at radius 1 is 1.18 bits per heavy atom. The molecule has 1 heteroatoms. The van der Waals surface area contributed by atoms with Crippen LogP contribution in [0.3, 0.4) is 0 Å². The summed E-state index contributed by atoms with van der Waals surface area (Å²) in [6.45, 7) is 12.3. The summed E-state index contributed by atoms with van der Waals surface area (Å²) in [5.74, 6) is 0. The van der Waals surface area contributed by atoms with E-state index in [0.29, 0.717) is 0 Å². The lowest BCUT2D eigenvalue weighted by molar-refractivity contribution is 1.21. The second kappa shape index (κ2) is 7.42. The van der Waals surface area contributed by atoms with Crippen LogP contribution in [0.5, 0.6) is 0 Å². The SMILES string of the molecule is C=C(Br)/C=C1\C(=C(/C)C(=C)/C=C\C=C/C)Cc2ccccc21. The molecule has 1 aliphatic carbocycles. The quantitative estimate of drug-likeness (QED) is 0.539. The fourth-order valence-electron chi connectivity index (χ4n) is 2.64. The molecule has 0 aromatic heterocycles. The Bertz CT molecular complexity index is 724. The molecule has 0 heterocycles. The predicted octanol–water partition coefficient (Wildman–Crippen LogP) is 6.54. The highest BCUT2D eigenvalue weighted by Crippen LogP contribution is 2.40. The van der Waals surface area contributed by atoms with Gasteiger partial charge in [0.2, 0.25) is 0 Å². The van der Waals surface area contributed by atoms with Crippen molar-refractivity contribution in [1.82, 2.24) is 0 Å². The van der Waals surface area contributed by atoms with Crippen LogP contribution in [0.4, 0.5) is 0 Å². The molecule has 0 radical (unpaired) electrons. The molecule has 0 unspecified atom stereocenters. The van der Waals surface area contributed by atoms with E-state index in [2.05, 4.69) is 72.4 Å². The summed E-state index contributed by atoms with van der Waals surface area (Å²) in [5.41, 5.74) is 7.51. The monoisotopic (exact) mass is 352 g/mol. The van der Waals surface area contributed by atoms with Gasteiger partial charge in [0.05, 0.1) is 0 Å². The number of allylic oxidation sites excluding steroid dienone is 10. The third kappa shape index (κ3) is 3.66. The summed E-state index contributed by atoms with van der Waals surface area (Å²) in [4.78, 5) is 0. The van der Waals surface area contributed by atoms with Gasteiger partial charge >= 0.3 is 0 Å². The molecule has 0 N–H and O–H groups in total. The second-order valence-corrected chi connectivity index (χ2v) is 6.37. The van der Waals surface area contributed by atoms with Gasteiger partial charge in [-0.05, 0) is 59.8 Å². The van der Waals surface area contributed by atoms with Crippen molar-refractivity contribution < 1.29 is 0 Å². The summed E-state index contributed by atoms with van der Waals surface area (Å²) in [6, 6.07) is 8.55. The van der Waals surface area contributed by atoms with Crippen LogP contribution >= 0.6 is 15.9 Å². The van der Waals surface area contributed by atoms with E-state index < -0.39 is 0 Å². The molecule has 2 rings (SSSR count). The largest absolute Gasteiger partial charge is 0.0915 e. The lowest BCUT2D eigenvalue weighted by Gasteiger charge is -2.09. The van der Waals surface area contributed by atoms with E-state index in [-0.39, 0.29) is 0 Å². The van der Waals surface area contributed by atoms with E-state index in [0.717, 1.165) is 16.5 Å². The molecule has 0 atom stereocenters. The van der Waals surface area contributed by atoms with Gasteiger partial charge in [-0.1, -0.05) is 77.7 Å². The van der Waals surface area contributed by atoms with Gasteiger partial charge in [-0.2, -0.15) is 0 Å². The van der Waals surface area contributed by atoms with Crippen LogP contribution in [0.1, 0.15) is 25.0 Å². The van der Waals surface area contributed by atoms with Crippen LogP contribution in [-0.4, -0.2) is 0 Å². The van der Waals surface area contributed by atoms with Gasteiger partial charge in [0, 0.05) is 4.48 Å². The van der Waals surface area contributed by atoms with Crippen molar-refractivity contribution in [2.75, 3.05) is 0 Å². The van der Waals surface area contributed by atoms with Crippen LogP contribution in [0.2, 0.25) is 0 Å². The standard InChI is InChI=1S/C21H21Br/c1-5-6-7-10-15(2)17(4)20-14-18-11-8-9-12-19(18)21(20)13-16(3)22/h5-13H,2-3,14H2,1,4H3/b6-5-,10-7-,20-17+,21-13-. The second-order valence-electron chi connectivity index (χ2n) is 5.35. The van der Waals surface area contributed by atoms with Gasteiger partial charge in [-0.25, -0.2) is 0 Å². The van der Waals surface area contributed by atoms with Crippen molar-refractivity contribution >= 4 is 21.5 Å². The number of benzene rings is 1. The van der Waals surface area contributed by atoms with Crippen molar-refractivity contribution in [3.63, 3.8) is 0 Å². The molecule has 0 saturated heterocycles. The topological polar surface area (TPSA) is 0 Å². The van der Waals surface area contributed by atoms with E-state index in [1.54, 1.807) is 0 Å². The number of fused-ring (bicyclic) bond motifs is 1. The number of rotatable bonds is 4. The van der Waals surface area contributed by atoms with Gasteiger partial charge in [-0.3, -0.25) is 0 Å². The maximum Gasteiger partial charge on any atom is 0.0109 e. The first-order valence-electron chi connectivity index (χ1n) is 7.37. The highest BCUT2D eigenvalue weighted by Gasteiger charge is 2.22. The first-order chi connectivity index (χ1) is 10.5. The predicted molar refractivity (Wildman–Crippen MR) is 102 cm³/mol. The zero-order valence-electron chi connectivity index (χ0n) is 13.2. The first-order valence-corrected chi connectivity index (χ1v) is 8.17. The maximum atomic E-state index is 4.21. The normalized spacial score (nSPS) is 18.2. The first kappa shape index (κ1) is 16.5. The minimum Gasteiger partial charge on any atom is -0.0915 e. The Balaban J connectivity index is 2.48. The maximum absolute atomic E-state index is 4.21. The summed E-state index contributed by atoms with van der Waals surface area (Å²) < 4.78 is 0.888. The summed E-state index contributed by atoms with van der Waals surface area (Å²) >= 11 is 3.46. The molecule has 0 amide bonds. The zero-order valence-corrected chi connectivity index (χ0v) is 14.8. The third-order valence-electron chi connectivity index (χ3n) is 3.84. The highest BCUT2D eigenvalue weighted by molar-refractivity contribution is 9.11. The molecule has 22 heavy (non-hydrogen) atoms. The van der Waals surface area contributed by atoms with Crippen LogP contribution in [0, 0.1) is 0 Å². The lowest BCUT2D eigenvalue weighted by atomic mass is 9.96. The number of hydrogen-bond donors (Lipinski definition) is 0. The Labute approximate surface area is 142 Å². The van der Waals surface area contributed by atoms with E-state index in [4.69, 9.17) is 0 Å². The Morgan fingerprint density at radius 3 is 2.59 bits per heavy atom. The molecule has 1 aliphatic rings. The molecule has 0 spiro atoms. The molecule has 112 valence electrons. The molecule has 0 aliphatic heterocycles. The van der Waals surface area contributed by atoms with E-state index >= 15 is 0 Å². The molecule has 0 bridgehead atoms. The van der Waals surface area contributed by atoms with Crippen LogP contribution in [0.25, 0.3) is 5.57 Å². The van der Waals surface area contributed by atoms with E-state index in [9.17, 15) is 0 Å². The van der Waals surface area contributed by atoms with Crippen molar-refractivity contribution in [2.24, 2.45) is 0 Å². The minimum absolute atomic E-state index is 0.888. The molecule has 1 aromatic rings. The Hall–Kier alpha value is -1.86. The molecular weight excluding hydrogens is 332 g/mol. The molecule has 0 saturated carbocycles. The van der Waals surface area contributed by atoms with E-state index in [1.807, 2.05) is 25.2 Å². The van der Waals surface area contributed by atoms with Crippen LogP contribution < -0.4 is 0 Å². The van der Waals surface area contributed by atoms with Gasteiger partial charge in [0.1, 0.15) is 0 Å². The van der Waals surface area contributed by atoms with Crippen molar-refractivity contribution in [3.05, 3.63) is 100 Å². The number of hydrogen-bond acceptors (Lipinski definition) is 0. The molecule has 1 aromatic carbocycles. The van der Waals surface area contributed by atoms with Crippen molar-refractivity contribution in [1.29, 1.82) is 0 Å². The van der Waals surface area contributed by atoms with Crippen LogP contribution in [-0.2, 0) is 6.42 Å². The molecular formula is C21H21Br. The third-order valence-corrected chi connectivity index (χ3v) is 4.07. The average molecular weight is 353 g/mol. The van der Waals surface area contributed by atoms with Gasteiger partial charge in [0.25, 0.3) is 0 Å². The molecule has 0 nitrogen and oxygen atoms in total. The smallest absolute Gasteiger partial charge is 0.0109 e. The number of halogens is 1. The van der Waals surface area contributed by atoms with Gasteiger partial charge in [0.15, 0.2) is 0 Å². The van der Waals surface area contributed by atoms with Gasteiger partial charge in [-0.15, -0.1) is 0 Å². The Morgan fingerprint density at radius 2 is 1.91 bits per heavy atom.